The minimum absolute atomic E-state index is 0.00367. The van der Waals surface area contributed by atoms with Gasteiger partial charge < -0.3 is 10.2 Å². The monoisotopic (exact) mass is 420 g/mol. The topological polar surface area (TPSA) is 50.2 Å². The largest absolute Gasteiger partial charge is 0.367 e. The highest BCUT2D eigenvalue weighted by atomic mass is 19.3. The highest BCUT2D eigenvalue weighted by Gasteiger charge is 2.39. The number of hydrogen-bond donors (Lipinski definition) is 1. The lowest BCUT2D eigenvalue weighted by Gasteiger charge is -2.40. The molecule has 166 valence electrons. The number of nitrogens with one attached hydrogen (secondary N) is 1. The molecule has 1 fully saturated rings. The molecular formula is C23H34F2N4O. The molecule has 0 saturated carbocycles. The minimum atomic E-state index is -2.44. The Kier molecular flexibility index (Phi) is 5.90. The van der Waals surface area contributed by atoms with Crippen molar-refractivity contribution in [1.82, 2.24) is 14.7 Å². The Morgan fingerprint density at radius 2 is 2.00 bits per heavy atom. The molecule has 1 N–H and O–H groups in total. The number of alkyl halides is 2. The second-order valence-electron chi connectivity index (χ2n) is 10.2. The predicted octanol–water partition coefficient (Wildman–Crippen LogP) is 4.77. The van der Waals surface area contributed by atoms with Crippen LogP contribution in [0.2, 0.25) is 0 Å². The number of amides is 1. The van der Waals surface area contributed by atoms with Gasteiger partial charge in [-0.15, -0.1) is 0 Å². The number of halogens is 2. The summed E-state index contributed by atoms with van der Waals surface area (Å²) in [5.74, 6) is 1.62. The van der Waals surface area contributed by atoms with Crippen molar-refractivity contribution >= 4 is 11.7 Å². The van der Waals surface area contributed by atoms with Crippen LogP contribution in [-0.2, 0) is 10.2 Å². The number of aromatic nitrogens is 2. The predicted molar refractivity (Wildman–Crippen MR) is 114 cm³/mol. The Morgan fingerprint density at radius 3 is 2.60 bits per heavy atom. The van der Waals surface area contributed by atoms with E-state index in [1.807, 2.05) is 31.7 Å². The van der Waals surface area contributed by atoms with Gasteiger partial charge in [0.1, 0.15) is 11.9 Å². The van der Waals surface area contributed by atoms with Crippen molar-refractivity contribution in [3.63, 3.8) is 0 Å². The van der Waals surface area contributed by atoms with Crippen molar-refractivity contribution in [2.45, 2.75) is 83.2 Å². The first-order valence-electron chi connectivity index (χ1n) is 11.3. The fourth-order valence-corrected chi connectivity index (χ4v) is 5.02. The summed E-state index contributed by atoms with van der Waals surface area (Å²) in [6, 6.07) is 1.03. The minimum Gasteiger partial charge on any atom is -0.367 e. The van der Waals surface area contributed by atoms with Crippen LogP contribution in [0, 0.1) is 11.8 Å². The fourth-order valence-electron chi connectivity index (χ4n) is 5.02. The van der Waals surface area contributed by atoms with Crippen molar-refractivity contribution in [2.75, 3.05) is 18.4 Å². The van der Waals surface area contributed by atoms with E-state index in [0.717, 1.165) is 44.5 Å². The average molecular weight is 421 g/mol. The summed E-state index contributed by atoms with van der Waals surface area (Å²) in [4.78, 5) is 14.6. The molecular weight excluding hydrogens is 386 g/mol. The van der Waals surface area contributed by atoms with Gasteiger partial charge in [-0.1, -0.05) is 32.9 Å². The maximum Gasteiger partial charge on any atom is 0.260 e. The van der Waals surface area contributed by atoms with Gasteiger partial charge in [-0.2, -0.15) is 5.10 Å². The third-order valence-corrected chi connectivity index (χ3v) is 6.95. The van der Waals surface area contributed by atoms with Crippen LogP contribution < -0.4 is 5.32 Å². The van der Waals surface area contributed by atoms with E-state index in [1.54, 1.807) is 0 Å². The number of likely N-dealkylation sites (tertiary alicyclic amines) is 1. The standard InChI is InChI=1S/C23H34F2N4O/c1-23(2,3)19-14-20-26-17(13-18(22(24)25)29(20)27-19)16-8-10-28(11-9-16)21(30)12-15-6-4-5-7-15/h4,6,14-18,22,26H,5,7-13H2,1-3H3/t15?,17-,18+/m0/s1. The van der Waals surface area contributed by atoms with Crippen molar-refractivity contribution in [3.8, 4) is 0 Å². The SMILES string of the molecule is CC(C)(C)c1cc2n(n1)[C@@H](C(F)F)C[C@@H](C1CCN(C(=O)CC3C=CCC3)CC1)N2. The number of hydrogen-bond acceptors (Lipinski definition) is 3. The van der Waals surface area contributed by atoms with Crippen LogP contribution in [-0.4, -0.2) is 46.1 Å². The van der Waals surface area contributed by atoms with E-state index in [4.69, 9.17) is 0 Å². The summed E-state index contributed by atoms with van der Waals surface area (Å²) in [6.07, 6.45) is 6.73. The quantitative estimate of drug-likeness (QED) is 0.714. The Morgan fingerprint density at radius 1 is 1.27 bits per heavy atom. The number of fused-ring (bicyclic) bond motifs is 1. The molecule has 1 amide bonds. The third-order valence-electron chi connectivity index (χ3n) is 6.95. The molecule has 0 aromatic carbocycles. The molecule has 0 spiro atoms. The van der Waals surface area contributed by atoms with Gasteiger partial charge in [0, 0.05) is 37.0 Å². The number of carbonyl (C=O) groups is 1. The first-order chi connectivity index (χ1) is 14.2. The molecule has 1 aromatic rings. The highest BCUT2D eigenvalue weighted by Crippen LogP contribution is 2.38. The van der Waals surface area contributed by atoms with E-state index in [1.165, 1.54) is 4.68 Å². The zero-order chi connectivity index (χ0) is 21.5. The molecule has 5 nitrogen and oxygen atoms in total. The summed E-state index contributed by atoms with van der Waals surface area (Å²) < 4.78 is 29.2. The average Bonchev–Trinajstić information content (AvgIpc) is 3.36. The Balaban J connectivity index is 1.40. The summed E-state index contributed by atoms with van der Waals surface area (Å²) in [6.45, 7) is 7.59. The first-order valence-corrected chi connectivity index (χ1v) is 11.3. The van der Waals surface area contributed by atoms with E-state index in [0.29, 0.717) is 30.5 Å². The number of allylic oxidation sites excluding steroid dienone is 2. The van der Waals surface area contributed by atoms with E-state index >= 15 is 0 Å². The van der Waals surface area contributed by atoms with Crippen LogP contribution in [0.5, 0.6) is 0 Å². The van der Waals surface area contributed by atoms with Crippen LogP contribution in [0.25, 0.3) is 0 Å². The number of nitrogens with zero attached hydrogens (tertiary/aromatic N) is 3. The van der Waals surface area contributed by atoms with Crippen LogP contribution >= 0.6 is 0 Å². The molecule has 3 atom stereocenters. The molecule has 2 aliphatic heterocycles. The molecule has 3 heterocycles. The second-order valence-corrected chi connectivity index (χ2v) is 10.2. The molecule has 3 aliphatic rings. The Bertz CT molecular complexity index is 790. The third kappa shape index (κ3) is 4.40. The Hall–Kier alpha value is -1.92. The van der Waals surface area contributed by atoms with Gasteiger partial charge in [-0.05, 0) is 43.9 Å². The lowest BCUT2D eigenvalue weighted by Crippen LogP contribution is -2.46. The number of carbonyl (C=O) groups excluding carboxylic acids is 1. The van der Waals surface area contributed by atoms with Gasteiger partial charge in [0.25, 0.3) is 6.43 Å². The maximum atomic E-state index is 13.9. The zero-order valence-corrected chi connectivity index (χ0v) is 18.3. The van der Waals surface area contributed by atoms with Gasteiger partial charge in [0.05, 0.1) is 5.69 Å². The molecule has 1 aromatic heterocycles. The van der Waals surface area contributed by atoms with Crippen molar-refractivity contribution in [3.05, 3.63) is 23.9 Å². The van der Waals surface area contributed by atoms with Crippen molar-refractivity contribution in [2.24, 2.45) is 11.8 Å². The molecule has 1 unspecified atom stereocenters. The maximum absolute atomic E-state index is 13.9. The molecule has 0 radical (unpaired) electrons. The molecule has 1 aliphatic carbocycles. The lowest BCUT2D eigenvalue weighted by molar-refractivity contribution is -0.133. The summed E-state index contributed by atoms with van der Waals surface area (Å²) in [7, 11) is 0. The van der Waals surface area contributed by atoms with Crippen LogP contribution in [0.15, 0.2) is 18.2 Å². The van der Waals surface area contributed by atoms with Crippen LogP contribution in [0.4, 0.5) is 14.6 Å². The van der Waals surface area contributed by atoms with Gasteiger partial charge in [-0.3, -0.25) is 4.79 Å². The zero-order valence-electron chi connectivity index (χ0n) is 18.3. The van der Waals surface area contributed by atoms with Crippen molar-refractivity contribution < 1.29 is 13.6 Å². The molecule has 1 saturated heterocycles. The van der Waals surface area contributed by atoms with E-state index in [9.17, 15) is 13.6 Å². The van der Waals surface area contributed by atoms with E-state index in [2.05, 4.69) is 22.6 Å². The number of rotatable bonds is 4. The highest BCUT2D eigenvalue weighted by molar-refractivity contribution is 5.76. The normalized spacial score (nSPS) is 27.4. The second kappa shape index (κ2) is 8.31. The molecule has 4 rings (SSSR count). The van der Waals surface area contributed by atoms with Crippen LogP contribution in [0.1, 0.15) is 71.0 Å². The summed E-state index contributed by atoms with van der Waals surface area (Å²) in [5, 5.41) is 8.01. The van der Waals surface area contributed by atoms with Gasteiger partial charge in [0.2, 0.25) is 5.91 Å². The van der Waals surface area contributed by atoms with E-state index in [-0.39, 0.29) is 17.4 Å². The molecule has 7 heteroatoms. The number of piperidine rings is 1. The lowest BCUT2D eigenvalue weighted by atomic mass is 9.84. The van der Waals surface area contributed by atoms with Gasteiger partial charge in [-0.25, -0.2) is 13.5 Å². The fraction of sp³-hybridized carbons (Fsp3) is 0.739. The first kappa shape index (κ1) is 21.3. The molecule has 0 bridgehead atoms. The van der Waals surface area contributed by atoms with Crippen LogP contribution in [0.3, 0.4) is 0 Å². The number of anilines is 1. The van der Waals surface area contributed by atoms with Gasteiger partial charge >= 0.3 is 0 Å². The van der Waals surface area contributed by atoms with E-state index < -0.39 is 12.5 Å². The molecule has 30 heavy (non-hydrogen) atoms. The summed E-state index contributed by atoms with van der Waals surface area (Å²) >= 11 is 0. The van der Waals surface area contributed by atoms with Crippen molar-refractivity contribution in [1.29, 1.82) is 0 Å². The smallest absolute Gasteiger partial charge is 0.260 e. The Labute approximate surface area is 177 Å². The van der Waals surface area contributed by atoms with Gasteiger partial charge in [0.15, 0.2) is 0 Å². The summed E-state index contributed by atoms with van der Waals surface area (Å²) in [5.41, 5.74) is 0.645.